The number of nitrogens with two attached hydrogens (primary N) is 1. The third-order valence-corrected chi connectivity index (χ3v) is 2.63. The molecule has 1 aromatic heterocycles. The number of carboxylic acids is 1. The van der Waals surface area contributed by atoms with Crippen LogP contribution in [0.3, 0.4) is 0 Å². The first-order chi connectivity index (χ1) is 5.74. The van der Waals surface area contributed by atoms with E-state index in [1.807, 2.05) is 6.07 Å². The average molecular weight is 185 g/mol. The molecule has 0 aliphatic heterocycles. The van der Waals surface area contributed by atoms with Crippen molar-refractivity contribution in [1.82, 2.24) is 0 Å². The van der Waals surface area contributed by atoms with Crippen LogP contribution in [0.1, 0.15) is 21.0 Å². The van der Waals surface area contributed by atoms with Crippen LogP contribution in [0.25, 0.3) is 0 Å². The van der Waals surface area contributed by atoms with Crippen molar-refractivity contribution in [2.75, 3.05) is 6.54 Å². The van der Waals surface area contributed by atoms with Crippen LogP contribution in [0.4, 0.5) is 0 Å². The van der Waals surface area contributed by atoms with Crippen molar-refractivity contribution in [3.63, 3.8) is 0 Å². The number of aryl methyl sites for hydroxylation is 1. The van der Waals surface area contributed by atoms with Gasteiger partial charge >= 0.3 is 5.97 Å². The Morgan fingerprint density at radius 2 is 2.33 bits per heavy atom. The molecule has 1 heterocycles. The van der Waals surface area contributed by atoms with Crippen molar-refractivity contribution < 1.29 is 9.90 Å². The first kappa shape index (κ1) is 9.22. The van der Waals surface area contributed by atoms with Gasteiger partial charge in [-0.3, -0.25) is 0 Å². The zero-order valence-electron chi connectivity index (χ0n) is 6.62. The van der Waals surface area contributed by atoms with E-state index >= 15 is 0 Å². The minimum absolute atomic E-state index is 0.405. The maximum atomic E-state index is 10.5. The van der Waals surface area contributed by atoms with Crippen molar-refractivity contribution in [1.29, 1.82) is 0 Å². The molecule has 0 spiro atoms. The molecule has 3 N–H and O–H groups in total. The molecule has 0 saturated carbocycles. The Morgan fingerprint density at radius 3 is 2.83 bits per heavy atom. The van der Waals surface area contributed by atoms with Gasteiger partial charge in [0.15, 0.2) is 0 Å². The van der Waals surface area contributed by atoms with Crippen molar-refractivity contribution in [2.45, 2.75) is 12.8 Å². The summed E-state index contributed by atoms with van der Waals surface area (Å²) in [7, 11) is 0. The summed E-state index contributed by atoms with van der Waals surface area (Å²) in [5, 5.41) is 8.61. The first-order valence-electron chi connectivity index (χ1n) is 3.76. The minimum Gasteiger partial charge on any atom is -0.477 e. The van der Waals surface area contributed by atoms with Gasteiger partial charge in [-0.25, -0.2) is 4.79 Å². The van der Waals surface area contributed by atoms with E-state index in [2.05, 4.69) is 0 Å². The van der Waals surface area contributed by atoms with E-state index in [0.717, 1.165) is 17.7 Å². The molecule has 0 radical (unpaired) electrons. The van der Waals surface area contributed by atoms with E-state index in [-0.39, 0.29) is 0 Å². The van der Waals surface area contributed by atoms with Gasteiger partial charge in [0.25, 0.3) is 0 Å². The van der Waals surface area contributed by atoms with Crippen LogP contribution in [0.5, 0.6) is 0 Å². The van der Waals surface area contributed by atoms with E-state index in [1.165, 1.54) is 11.3 Å². The van der Waals surface area contributed by atoms with E-state index in [0.29, 0.717) is 11.4 Å². The summed E-state index contributed by atoms with van der Waals surface area (Å²) in [5.41, 5.74) is 5.33. The first-order valence-corrected chi connectivity index (χ1v) is 4.57. The Morgan fingerprint density at radius 1 is 1.58 bits per heavy atom. The molecule has 4 heteroatoms. The lowest BCUT2D eigenvalue weighted by atomic mass is 10.3. The molecule has 0 aromatic carbocycles. The number of hydrogen-bond donors (Lipinski definition) is 2. The Kier molecular flexibility index (Phi) is 3.25. The van der Waals surface area contributed by atoms with Gasteiger partial charge in [-0.1, -0.05) is 0 Å². The van der Waals surface area contributed by atoms with E-state index in [9.17, 15) is 4.79 Å². The van der Waals surface area contributed by atoms with Gasteiger partial charge in [-0.2, -0.15) is 0 Å². The highest BCUT2D eigenvalue weighted by Gasteiger charge is 2.05. The molecule has 1 aromatic rings. The summed E-state index contributed by atoms with van der Waals surface area (Å²) in [6.07, 6.45) is 1.80. The molecule has 3 nitrogen and oxygen atoms in total. The molecule has 66 valence electrons. The van der Waals surface area contributed by atoms with Crippen LogP contribution >= 0.6 is 11.3 Å². The maximum Gasteiger partial charge on any atom is 0.345 e. The van der Waals surface area contributed by atoms with Gasteiger partial charge in [0.2, 0.25) is 0 Å². The molecule has 0 bridgehead atoms. The fourth-order valence-corrected chi connectivity index (χ4v) is 1.79. The molecule has 0 atom stereocenters. The molecular weight excluding hydrogens is 174 g/mol. The highest BCUT2D eigenvalue weighted by Crippen LogP contribution is 2.17. The monoisotopic (exact) mass is 185 g/mol. The van der Waals surface area contributed by atoms with Crippen LogP contribution in [0.15, 0.2) is 12.1 Å². The summed E-state index contributed by atoms with van der Waals surface area (Å²) >= 11 is 1.33. The second-order valence-electron chi connectivity index (χ2n) is 2.46. The van der Waals surface area contributed by atoms with Crippen LogP contribution in [0, 0.1) is 0 Å². The summed E-state index contributed by atoms with van der Waals surface area (Å²) in [6, 6.07) is 3.49. The topological polar surface area (TPSA) is 63.3 Å². The van der Waals surface area contributed by atoms with Crippen molar-refractivity contribution in [3.05, 3.63) is 21.9 Å². The van der Waals surface area contributed by atoms with Crippen LogP contribution in [-0.2, 0) is 6.42 Å². The number of carbonyl (C=O) groups is 1. The van der Waals surface area contributed by atoms with Gasteiger partial charge in [0.05, 0.1) is 0 Å². The van der Waals surface area contributed by atoms with Gasteiger partial charge in [-0.05, 0) is 31.5 Å². The number of thiophene rings is 1. The molecule has 0 aliphatic rings. The number of aromatic carboxylic acids is 1. The van der Waals surface area contributed by atoms with E-state index in [1.54, 1.807) is 6.07 Å². The molecule has 0 amide bonds. The smallest absolute Gasteiger partial charge is 0.345 e. The maximum absolute atomic E-state index is 10.5. The molecule has 0 fully saturated rings. The highest BCUT2D eigenvalue weighted by atomic mass is 32.1. The second kappa shape index (κ2) is 4.23. The van der Waals surface area contributed by atoms with Crippen LogP contribution in [0.2, 0.25) is 0 Å². The van der Waals surface area contributed by atoms with E-state index in [4.69, 9.17) is 10.8 Å². The lowest BCUT2D eigenvalue weighted by Crippen LogP contribution is -1.99. The minimum atomic E-state index is -0.848. The summed E-state index contributed by atoms with van der Waals surface area (Å²) in [4.78, 5) is 12.0. The zero-order valence-corrected chi connectivity index (χ0v) is 7.43. The third kappa shape index (κ3) is 2.32. The van der Waals surface area contributed by atoms with Gasteiger partial charge in [0.1, 0.15) is 4.88 Å². The Bertz CT molecular complexity index is 270. The standard InChI is InChI=1S/C8H11NO2S/c9-5-1-2-6-3-4-7(12-6)8(10)11/h3-4H,1-2,5,9H2,(H,10,11). The van der Waals surface area contributed by atoms with Gasteiger partial charge in [-0.15, -0.1) is 11.3 Å². The number of carboxylic acid groups (broad SMARTS) is 1. The van der Waals surface area contributed by atoms with Gasteiger partial charge < -0.3 is 10.8 Å². The van der Waals surface area contributed by atoms with Crippen molar-refractivity contribution in [3.8, 4) is 0 Å². The average Bonchev–Trinajstić information content (AvgIpc) is 2.48. The molecular formula is C8H11NO2S. The molecule has 0 saturated heterocycles. The van der Waals surface area contributed by atoms with Crippen LogP contribution in [-0.4, -0.2) is 17.6 Å². The second-order valence-corrected chi connectivity index (χ2v) is 3.63. The summed E-state index contributed by atoms with van der Waals surface area (Å²) < 4.78 is 0. The molecule has 1 rings (SSSR count). The predicted octanol–water partition coefficient (Wildman–Crippen LogP) is 1.34. The molecule has 12 heavy (non-hydrogen) atoms. The Balaban J connectivity index is 2.58. The molecule has 0 aliphatic carbocycles. The predicted molar refractivity (Wildman–Crippen MR) is 48.7 cm³/mol. The third-order valence-electron chi connectivity index (χ3n) is 1.50. The van der Waals surface area contributed by atoms with Crippen molar-refractivity contribution in [2.24, 2.45) is 5.73 Å². The van der Waals surface area contributed by atoms with Crippen molar-refractivity contribution >= 4 is 17.3 Å². The summed E-state index contributed by atoms with van der Waals surface area (Å²) in [5.74, 6) is -0.848. The Labute approximate surface area is 74.8 Å². The Hall–Kier alpha value is -0.870. The fourth-order valence-electron chi connectivity index (χ4n) is 0.904. The SMILES string of the molecule is NCCCc1ccc(C(=O)O)s1. The van der Waals surface area contributed by atoms with Gasteiger partial charge in [0, 0.05) is 4.88 Å². The zero-order chi connectivity index (χ0) is 8.97. The molecule has 0 unspecified atom stereocenters. The normalized spacial score (nSPS) is 10.1. The lowest BCUT2D eigenvalue weighted by Gasteiger charge is -1.91. The summed E-state index contributed by atoms with van der Waals surface area (Å²) in [6.45, 7) is 0.653. The van der Waals surface area contributed by atoms with E-state index < -0.39 is 5.97 Å². The quantitative estimate of drug-likeness (QED) is 0.744. The highest BCUT2D eigenvalue weighted by molar-refractivity contribution is 7.13. The number of hydrogen-bond acceptors (Lipinski definition) is 3. The van der Waals surface area contributed by atoms with Crippen LogP contribution < -0.4 is 5.73 Å². The largest absolute Gasteiger partial charge is 0.477 e. The number of rotatable bonds is 4. The fraction of sp³-hybridized carbons (Fsp3) is 0.375. The lowest BCUT2D eigenvalue weighted by molar-refractivity contribution is 0.0702.